The van der Waals surface area contributed by atoms with Crippen LogP contribution in [-0.4, -0.2) is 30.0 Å². The first-order chi connectivity index (χ1) is 5.63. The molecule has 68 valence electrons. The van der Waals surface area contributed by atoms with Crippen molar-refractivity contribution in [2.45, 2.75) is 19.4 Å². The molecule has 0 aliphatic carbocycles. The Morgan fingerprint density at radius 3 is 2.42 bits per heavy atom. The predicted molar refractivity (Wildman–Crippen MR) is 70.8 cm³/mol. The Labute approximate surface area is 103 Å². The molecule has 1 aliphatic heterocycles. The van der Waals surface area contributed by atoms with E-state index in [1.165, 1.54) is 0 Å². The van der Waals surface area contributed by atoms with Gasteiger partial charge in [0.1, 0.15) is 4.99 Å². The largest absolute Gasteiger partial charge is 0.301 e. The molecule has 0 aromatic rings. The fourth-order valence-corrected chi connectivity index (χ4v) is 3.44. The van der Waals surface area contributed by atoms with Crippen LogP contribution in [0.15, 0.2) is 0 Å². The van der Waals surface area contributed by atoms with Gasteiger partial charge in [0.2, 0.25) is 0 Å². The van der Waals surface area contributed by atoms with E-state index in [0.717, 1.165) is 16.5 Å². The molecule has 12 heavy (non-hydrogen) atoms. The number of halogens is 1. The number of hydrogen-bond acceptors (Lipinski definition) is 3. The molecule has 0 aromatic carbocycles. The minimum Gasteiger partial charge on any atom is -0.301 e. The summed E-state index contributed by atoms with van der Waals surface area (Å²) < 4.78 is 2.01. The van der Waals surface area contributed by atoms with Crippen molar-refractivity contribution in [1.82, 2.24) is 8.01 Å². The third-order valence-corrected chi connectivity index (χ3v) is 4.42. The van der Waals surface area contributed by atoms with Crippen LogP contribution in [0.5, 0.6) is 0 Å². The third kappa shape index (κ3) is 1.71. The van der Waals surface area contributed by atoms with Gasteiger partial charge in [0.25, 0.3) is 0 Å². The molecule has 0 spiro atoms. The lowest BCUT2D eigenvalue weighted by Crippen LogP contribution is -2.28. The molecule has 1 rings (SSSR count). The first-order valence-electron chi connectivity index (χ1n) is 3.54. The van der Waals surface area contributed by atoms with E-state index in [9.17, 15) is 0 Å². The maximum absolute atomic E-state index is 5.26. The summed E-state index contributed by atoms with van der Waals surface area (Å²) in [4.78, 5) is 2.78. The van der Waals surface area contributed by atoms with E-state index in [-0.39, 0.29) is 6.04 Å². The van der Waals surface area contributed by atoms with Gasteiger partial charge in [-0.15, -0.1) is 0 Å². The molecule has 1 unspecified atom stereocenters. The minimum absolute atomic E-state index is 0.278. The highest BCUT2D eigenvalue weighted by atomic mass is 127. The average Bonchev–Trinajstić information content (AvgIpc) is 2.25. The van der Waals surface area contributed by atoms with E-state index in [1.807, 2.05) is 8.01 Å². The Kier molecular flexibility index (Phi) is 4.00. The summed E-state index contributed by atoms with van der Waals surface area (Å²) in [5.41, 5.74) is 0. The number of thiol groups is 1. The second-order valence-corrected chi connectivity index (χ2v) is 4.53. The minimum atomic E-state index is 0.278. The predicted octanol–water partition coefficient (Wildman–Crippen LogP) is 2.23. The molecule has 1 fully saturated rings. The zero-order valence-corrected chi connectivity index (χ0v) is 11.2. The lowest BCUT2D eigenvalue weighted by molar-refractivity contribution is 0.634. The summed E-state index contributed by atoms with van der Waals surface area (Å²) in [6.45, 7) is 2.10. The summed E-state index contributed by atoms with van der Waals surface area (Å²) >= 11 is 16.8. The zero-order valence-electron chi connectivity index (χ0n) is 6.53. The SMILES string of the molecule is CCC1C(=S)N(CS)C(=S)N1I. The highest BCUT2D eigenvalue weighted by Gasteiger charge is 2.36. The van der Waals surface area contributed by atoms with Crippen molar-refractivity contribution >= 4 is 70.0 Å². The summed E-state index contributed by atoms with van der Waals surface area (Å²) in [5.74, 6) is 0.577. The van der Waals surface area contributed by atoms with Crippen LogP contribution in [-0.2, 0) is 0 Å². The monoisotopic (exact) mass is 332 g/mol. The fraction of sp³-hybridized carbons (Fsp3) is 0.667. The van der Waals surface area contributed by atoms with Crippen molar-refractivity contribution in [2.75, 3.05) is 5.88 Å². The molecule has 1 saturated heterocycles. The van der Waals surface area contributed by atoms with E-state index in [4.69, 9.17) is 24.4 Å². The highest BCUT2D eigenvalue weighted by molar-refractivity contribution is 14.1. The van der Waals surface area contributed by atoms with Gasteiger partial charge >= 0.3 is 0 Å². The fourth-order valence-electron chi connectivity index (χ4n) is 1.08. The van der Waals surface area contributed by atoms with Crippen LogP contribution in [0, 0.1) is 0 Å². The molecule has 1 heterocycles. The Morgan fingerprint density at radius 1 is 1.58 bits per heavy atom. The third-order valence-electron chi connectivity index (χ3n) is 1.77. The molecular weight excluding hydrogens is 323 g/mol. The van der Waals surface area contributed by atoms with Crippen molar-refractivity contribution in [2.24, 2.45) is 0 Å². The van der Waals surface area contributed by atoms with Crippen LogP contribution in [0.4, 0.5) is 0 Å². The molecule has 1 aliphatic rings. The smallest absolute Gasteiger partial charge is 0.186 e. The quantitative estimate of drug-likeness (QED) is 0.358. The number of rotatable bonds is 2. The van der Waals surface area contributed by atoms with Crippen LogP contribution in [0.3, 0.4) is 0 Å². The van der Waals surface area contributed by atoms with Crippen LogP contribution >= 0.6 is 59.9 Å². The first kappa shape index (κ1) is 10.9. The second-order valence-electron chi connectivity index (χ2n) is 2.43. The zero-order chi connectivity index (χ0) is 9.30. The summed E-state index contributed by atoms with van der Waals surface area (Å²) in [6.07, 6.45) is 0.992. The standard InChI is InChI=1S/C6H9IN2S3/c1-2-4-5(11)8(3-10)6(12)9(4)7/h4,10H,2-3H2,1H3. The molecule has 0 saturated carbocycles. The van der Waals surface area contributed by atoms with Crippen molar-refractivity contribution in [1.29, 1.82) is 0 Å². The van der Waals surface area contributed by atoms with Crippen molar-refractivity contribution in [3.63, 3.8) is 0 Å². The Morgan fingerprint density at radius 2 is 2.17 bits per heavy atom. The van der Waals surface area contributed by atoms with E-state index in [0.29, 0.717) is 5.88 Å². The summed E-state index contributed by atoms with van der Waals surface area (Å²) in [6, 6.07) is 0.278. The topological polar surface area (TPSA) is 6.48 Å². The molecular formula is C6H9IN2S3. The summed E-state index contributed by atoms with van der Waals surface area (Å²) in [5, 5.41) is 0.780. The van der Waals surface area contributed by atoms with E-state index >= 15 is 0 Å². The maximum atomic E-state index is 5.26. The number of thiocarbonyl (C=S) groups is 2. The van der Waals surface area contributed by atoms with Crippen LogP contribution in [0.2, 0.25) is 0 Å². The van der Waals surface area contributed by atoms with Gasteiger partial charge in [-0.05, 0) is 18.6 Å². The van der Waals surface area contributed by atoms with Gasteiger partial charge in [-0.3, -0.25) is 3.11 Å². The van der Waals surface area contributed by atoms with Crippen molar-refractivity contribution in [3.8, 4) is 0 Å². The molecule has 2 nitrogen and oxygen atoms in total. The average molecular weight is 332 g/mol. The Bertz CT molecular complexity index is 221. The Balaban J connectivity index is 2.85. The molecule has 6 heteroatoms. The first-order valence-corrected chi connectivity index (χ1v) is 5.96. The maximum Gasteiger partial charge on any atom is 0.186 e. The molecule has 1 atom stereocenters. The van der Waals surface area contributed by atoms with Gasteiger partial charge in [-0.25, -0.2) is 0 Å². The molecule has 0 N–H and O–H groups in total. The molecule has 0 aromatic heterocycles. The van der Waals surface area contributed by atoms with Gasteiger partial charge in [-0.1, -0.05) is 19.1 Å². The van der Waals surface area contributed by atoms with Crippen LogP contribution in [0.1, 0.15) is 13.3 Å². The van der Waals surface area contributed by atoms with Gasteiger partial charge in [0, 0.05) is 0 Å². The van der Waals surface area contributed by atoms with Crippen LogP contribution in [0.25, 0.3) is 0 Å². The lowest BCUT2D eigenvalue weighted by atomic mass is 10.2. The van der Waals surface area contributed by atoms with Gasteiger partial charge in [-0.2, -0.15) is 12.6 Å². The molecule has 0 bridgehead atoms. The van der Waals surface area contributed by atoms with Crippen molar-refractivity contribution < 1.29 is 0 Å². The van der Waals surface area contributed by atoms with E-state index < -0.39 is 0 Å². The number of hydrogen-bond donors (Lipinski definition) is 1. The highest BCUT2D eigenvalue weighted by Crippen LogP contribution is 2.25. The van der Waals surface area contributed by atoms with Gasteiger partial charge < -0.3 is 4.90 Å². The second kappa shape index (κ2) is 4.39. The molecule has 0 amide bonds. The van der Waals surface area contributed by atoms with E-state index in [1.54, 1.807) is 0 Å². The molecule has 0 radical (unpaired) electrons. The Hall–Kier alpha value is 0.860. The van der Waals surface area contributed by atoms with Gasteiger partial charge in [0.15, 0.2) is 5.11 Å². The summed E-state index contributed by atoms with van der Waals surface area (Å²) in [7, 11) is 0. The van der Waals surface area contributed by atoms with Crippen molar-refractivity contribution in [3.05, 3.63) is 0 Å². The lowest BCUT2D eigenvalue weighted by Gasteiger charge is -2.14. The number of nitrogens with zero attached hydrogens (tertiary/aromatic N) is 2. The van der Waals surface area contributed by atoms with E-state index in [2.05, 4.69) is 42.4 Å². The normalized spacial score (nSPS) is 24.1. The van der Waals surface area contributed by atoms with Gasteiger partial charge in [0.05, 0.1) is 34.8 Å². The van der Waals surface area contributed by atoms with Crippen LogP contribution < -0.4 is 0 Å².